The predicted molar refractivity (Wildman–Crippen MR) is 172 cm³/mol. The molecule has 0 aliphatic rings. The van der Waals surface area contributed by atoms with Gasteiger partial charge in [0.05, 0.1) is 0 Å². The third-order valence-corrected chi connectivity index (χ3v) is 9.15. The van der Waals surface area contributed by atoms with Gasteiger partial charge in [-0.1, -0.05) is 138 Å². The molecule has 194 valence electrons. The average molecular weight is 525 g/mol. The van der Waals surface area contributed by atoms with Gasteiger partial charge in [0.25, 0.3) is 0 Å². The summed E-state index contributed by atoms with van der Waals surface area (Å²) in [6.45, 7) is 11.6. The van der Waals surface area contributed by atoms with Crippen molar-refractivity contribution in [1.29, 1.82) is 0 Å². The lowest BCUT2D eigenvalue weighted by Crippen LogP contribution is -2.20. The first-order valence-electron chi connectivity index (χ1n) is 13.9. The van der Waals surface area contributed by atoms with Gasteiger partial charge in [0.1, 0.15) is 0 Å². The van der Waals surface area contributed by atoms with Crippen LogP contribution in [0.25, 0.3) is 42.4 Å². The summed E-state index contributed by atoms with van der Waals surface area (Å²) in [6, 6.07) is 42.7. The van der Waals surface area contributed by atoms with E-state index in [0.717, 1.165) is 6.42 Å². The fraction of sp³-hybridized carbons (Fsp3) is 0.211. The summed E-state index contributed by atoms with van der Waals surface area (Å²) in [6.07, 6.45) is 1.00. The molecule has 0 saturated carbocycles. The van der Waals surface area contributed by atoms with Gasteiger partial charge < -0.3 is 0 Å². The third-order valence-electron chi connectivity index (χ3n) is 8.04. The van der Waals surface area contributed by atoms with E-state index < -0.39 is 0 Å². The van der Waals surface area contributed by atoms with Crippen molar-refractivity contribution in [3.63, 3.8) is 0 Å². The average Bonchev–Trinajstić information content (AvgIpc) is 3.30. The lowest BCUT2D eigenvalue weighted by atomic mass is 9.78. The van der Waals surface area contributed by atoms with E-state index in [-0.39, 0.29) is 10.8 Å². The van der Waals surface area contributed by atoms with Gasteiger partial charge in [-0.15, -0.1) is 11.3 Å². The van der Waals surface area contributed by atoms with Gasteiger partial charge in [-0.3, -0.25) is 0 Å². The molecule has 0 aliphatic heterocycles. The molecule has 0 unspecified atom stereocenters. The molecule has 1 heterocycles. The molecule has 0 saturated heterocycles. The highest BCUT2D eigenvalue weighted by atomic mass is 32.1. The van der Waals surface area contributed by atoms with Crippen molar-refractivity contribution in [1.82, 2.24) is 0 Å². The SMILES string of the molecule is CC(C)(C)c1ccc2c(c1)sc1cc(CC(C)(C)c3ccc(-c4ccccc4-c4ccccc4)cc3)ccc12. The Morgan fingerprint density at radius 3 is 1.69 bits per heavy atom. The highest BCUT2D eigenvalue weighted by Crippen LogP contribution is 2.39. The van der Waals surface area contributed by atoms with E-state index in [1.165, 1.54) is 59.1 Å². The standard InChI is InChI=1S/C38H36S/c1-37(2,3)30-20-22-34-33-21-15-26(23-35(33)39-36(34)24-30)25-38(4,5)29-18-16-28(17-19-29)32-14-10-9-13-31(32)27-11-7-6-8-12-27/h6-24H,25H2,1-5H3. The highest BCUT2D eigenvalue weighted by molar-refractivity contribution is 7.25. The number of hydrogen-bond acceptors (Lipinski definition) is 1. The second kappa shape index (κ2) is 9.81. The smallest absolute Gasteiger partial charge is 0.0358 e. The van der Waals surface area contributed by atoms with Crippen LogP contribution in [0.2, 0.25) is 0 Å². The molecule has 0 amide bonds. The maximum atomic E-state index is 2.42. The van der Waals surface area contributed by atoms with Crippen LogP contribution in [0, 0.1) is 0 Å². The first-order chi connectivity index (χ1) is 18.7. The number of thiophene rings is 1. The summed E-state index contributed by atoms with van der Waals surface area (Å²) in [5.74, 6) is 0. The fourth-order valence-corrected chi connectivity index (χ4v) is 6.92. The van der Waals surface area contributed by atoms with Crippen LogP contribution in [-0.2, 0) is 17.3 Å². The molecule has 0 aliphatic carbocycles. The molecule has 0 nitrogen and oxygen atoms in total. The second-order valence-corrected chi connectivity index (χ2v) is 13.5. The maximum absolute atomic E-state index is 2.42. The number of benzene rings is 5. The molecule has 1 heteroatoms. The normalized spacial score (nSPS) is 12.3. The molecule has 0 radical (unpaired) electrons. The Morgan fingerprint density at radius 1 is 0.513 bits per heavy atom. The summed E-state index contributed by atoms with van der Waals surface area (Å²) in [7, 11) is 0. The molecule has 0 bridgehead atoms. The Balaban J connectivity index is 1.28. The summed E-state index contributed by atoms with van der Waals surface area (Å²) in [4.78, 5) is 0. The summed E-state index contributed by atoms with van der Waals surface area (Å²) >= 11 is 1.93. The van der Waals surface area contributed by atoms with Crippen LogP contribution in [0.4, 0.5) is 0 Å². The van der Waals surface area contributed by atoms with Crippen molar-refractivity contribution in [3.8, 4) is 22.3 Å². The Bertz CT molecular complexity index is 1760. The molecule has 0 fully saturated rings. The Labute approximate surface area is 237 Å². The van der Waals surface area contributed by atoms with Crippen LogP contribution in [0.5, 0.6) is 0 Å². The minimum absolute atomic E-state index is 0.0290. The minimum Gasteiger partial charge on any atom is -0.135 e. The molecule has 6 aromatic rings. The molecule has 0 spiro atoms. The van der Waals surface area contributed by atoms with E-state index in [2.05, 4.69) is 150 Å². The van der Waals surface area contributed by atoms with E-state index in [4.69, 9.17) is 0 Å². The van der Waals surface area contributed by atoms with Gasteiger partial charge in [-0.05, 0) is 68.3 Å². The van der Waals surface area contributed by atoms with E-state index in [1.54, 1.807) is 0 Å². The largest absolute Gasteiger partial charge is 0.135 e. The fourth-order valence-electron chi connectivity index (χ4n) is 5.72. The van der Waals surface area contributed by atoms with E-state index >= 15 is 0 Å². The first kappa shape index (κ1) is 25.6. The van der Waals surface area contributed by atoms with Crippen molar-refractivity contribution in [3.05, 3.63) is 132 Å². The molecule has 5 aromatic carbocycles. The molecule has 6 rings (SSSR count). The van der Waals surface area contributed by atoms with Crippen LogP contribution in [0.15, 0.2) is 115 Å². The van der Waals surface area contributed by atoms with Gasteiger partial charge in [0, 0.05) is 20.2 Å². The number of rotatable bonds is 5. The molecule has 0 N–H and O–H groups in total. The second-order valence-electron chi connectivity index (χ2n) is 12.4. The lowest BCUT2D eigenvalue weighted by molar-refractivity contribution is 0.523. The summed E-state index contributed by atoms with van der Waals surface area (Å²) < 4.78 is 2.78. The quantitative estimate of drug-likeness (QED) is 0.210. The third kappa shape index (κ3) is 5.04. The minimum atomic E-state index is 0.0290. The van der Waals surface area contributed by atoms with Crippen LogP contribution in [0.1, 0.15) is 51.3 Å². The van der Waals surface area contributed by atoms with Crippen LogP contribution < -0.4 is 0 Å². The van der Waals surface area contributed by atoms with Gasteiger partial charge in [0.2, 0.25) is 0 Å². The Hall–Kier alpha value is -3.68. The molecule has 1 aromatic heterocycles. The van der Waals surface area contributed by atoms with E-state index in [1.807, 2.05) is 11.3 Å². The van der Waals surface area contributed by atoms with Gasteiger partial charge in [-0.25, -0.2) is 0 Å². The topological polar surface area (TPSA) is 0 Å². The molecular formula is C38H36S. The molecular weight excluding hydrogens is 488 g/mol. The van der Waals surface area contributed by atoms with Crippen LogP contribution >= 0.6 is 11.3 Å². The van der Waals surface area contributed by atoms with Crippen molar-refractivity contribution >= 4 is 31.5 Å². The monoisotopic (exact) mass is 524 g/mol. The highest BCUT2D eigenvalue weighted by Gasteiger charge is 2.22. The van der Waals surface area contributed by atoms with Gasteiger partial charge in [-0.2, -0.15) is 0 Å². The number of fused-ring (bicyclic) bond motifs is 3. The zero-order valence-corrected chi connectivity index (χ0v) is 24.4. The zero-order valence-electron chi connectivity index (χ0n) is 23.6. The van der Waals surface area contributed by atoms with E-state index in [9.17, 15) is 0 Å². The summed E-state index contributed by atoms with van der Waals surface area (Å²) in [5.41, 5.74) is 9.43. The maximum Gasteiger partial charge on any atom is 0.0358 e. The molecule has 39 heavy (non-hydrogen) atoms. The van der Waals surface area contributed by atoms with Crippen molar-refractivity contribution < 1.29 is 0 Å². The predicted octanol–water partition coefficient (Wildman–Crippen LogP) is 11.2. The van der Waals surface area contributed by atoms with Crippen LogP contribution in [-0.4, -0.2) is 0 Å². The Morgan fingerprint density at radius 2 is 1.05 bits per heavy atom. The van der Waals surface area contributed by atoms with Crippen molar-refractivity contribution in [2.45, 2.75) is 51.9 Å². The Kier molecular flexibility index (Phi) is 6.44. The van der Waals surface area contributed by atoms with Crippen LogP contribution in [0.3, 0.4) is 0 Å². The van der Waals surface area contributed by atoms with Crippen molar-refractivity contribution in [2.75, 3.05) is 0 Å². The zero-order chi connectivity index (χ0) is 27.2. The van der Waals surface area contributed by atoms with E-state index in [0.29, 0.717) is 0 Å². The summed E-state index contributed by atoms with van der Waals surface area (Å²) in [5, 5.41) is 2.75. The van der Waals surface area contributed by atoms with Crippen molar-refractivity contribution in [2.24, 2.45) is 0 Å². The number of hydrogen-bond donors (Lipinski definition) is 0. The van der Waals surface area contributed by atoms with Gasteiger partial charge >= 0.3 is 0 Å². The lowest BCUT2D eigenvalue weighted by Gasteiger charge is -2.26. The first-order valence-corrected chi connectivity index (χ1v) is 14.7. The van der Waals surface area contributed by atoms with Gasteiger partial charge in [0.15, 0.2) is 0 Å². The molecule has 0 atom stereocenters.